The highest BCUT2D eigenvalue weighted by atomic mass is 16.8. The summed E-state index contributed by atoms with van der Waals surface area (Å²) in [5, 5.41) is 37.5. The molecule has 8 saturated heterocycles. The summed E-state index contributed by atoms with van der Waals surface area (Å²) in [5.74, 6) is -2.39. The molecule has 3 aromatic heterocycles. The fourth-order valence-electron chi connectivity index (χ4n) is 15.4. The van der Waals surface area contributed by atoms with Gasteiger partial charge in [0.15, 0.2) is 30.4 Å². The third kappa shape index (κ3) is 29.5. The van der Waals surface area contributed by atoms with Crippen LogP contribution in [0.25, 0.3) is 0 Å². The zero-order valence-electron chi connectivity index (χ0n) is 73.6. The Hall–Kier alpha value is -5.98. The molecule has 0 radical (unpaired) electrons. The van der Waals surface area contributed by atoms with Gasteiger partial charge in [-0.1, -0.05) is 15.6 Å². The molecule has 11 heterocycles. The highest BCUT2D eigenvalue weighted by Crippen LogP contribution is 2.49. The molecule has 45 heteroatoms. The Morgan fingerprint density at radius 2 is 0.726 bits per heavy atom. The summed E-state index contributed by atoms with van der Waals surface area (Å²) in [6, 6.07) is -1.56. The number of fused-ring (bicyclic) bond motifs is 10. The van der Waals surface area contributed by atoms with Crippen molar-refractivity contribution in [1.29, 1.82) is 0 Å². The molecule has 0 unspecified atom stereocenters. The van der Waals surface area contributed by atoms with E-state index in [2.05, 4.69) is 52.2 Å². The van der Waals surface area contributed by atoms with Gasteiger partial charge in [-0.25, -0.2) is 18.8 Å². The number of rotatable bonds is 62. The largest absolute Gasteiger partial charge is 0.444 e. The van der Waals surface area contributed by atoms with E-state index in [0.717, 1.165) is 0 Å². The van der Waals surface area contributed by atoms with Crippen LogP contribution in [0, 0.1) is 0 Å². The molecule has 6 bridgehead atoms. The smallest absolute Gasteiger partial charge is 0.408 e. The van der Waals surface area contributed by atoms with Crippen LogP contribution in [0.4, 0.5) is 4.79 Å². The van der Waals surface area contributed by atoms with Gasteiger partial charge < -0.3 is 154 Å². The maximum atomic E-state index is 13.8. The molecule has 704 valence electrons. The van der Waals surface area contributed by atoms with Crippen molar-refractivity contribution in [3.63, 3.8) is 0 Å². The molecule has 4 N–H and O–H groups in total. The zero-order valence-corrected chi connectivity index (χ0v) is 73.6. The Labute approximate surface area is 722 Å². The van der Waals surface area contributed by atoms with Gasteiger partial charge in [0.05, 0.1) is 256 Å². The minimum atomic E-state index is -1.36. The highest BCUT2D eigenvalue weighted by molar-refractivity contribution is 5.74. The number of nitrogens with one attached hydrogen (secondary N) is 4. The van der Waals surface area contributed by atoms with Crippen LogP contribution >= 0.6 is 0 Å². The normalized spacial score (nSPS) is 27.7. The summed E-state index contributed by atoms with van der Waals surface area (Å²) in [6.45, 7) is 30.5. The molecule has 11 rings (SSSR count). The van der Waals surface area contributed by atoms with Gasteiger partial charge in [-0.15, -0.1) is 15.3 Å². The Balaban J connectivity index is 0.575. The van der Waals surface area contributed by atoms with Gasteiger partial charge in [0.2, 0.25) is 17.7 Å². The predicted molar refractivity (Wildman–Crippen MR) is 423 cm³/mol. The van der Waals surface area contributed by atoms with Crippen LogP contribution in [-0.2, 0) is 186 Å². The van der Waals surface area contributed by atoms with Crippen LogP contribution in [0.2, 0.25) is 0 Å². The van der Waals surface area contributed by atoms with Crippen LogP contribution in [-0.4, -0.2) is 393 Å². The number of carbonyl (C=O) groups excluding carboxylic acids is 4. The minimum absolute atomic E-state index is 0.00162. The molecular weight excluding hydrogens is 1640 g/mol. The third-order valence-electron chi connectivity index (χ3n) is 20.6. The quantitative estimate of drug-likeness (QED) is 0.0523. The van der Waals surface area contributed by atoms with Crippen LogP contribution in [0.3, 0.4) is 0 Å². The van der Waals surface area contributed by atoms with Crippen molar-refractivity contribution in [1.82, 2.24) is 66.2 Å². The van der Waals surface area contributed by atoms with Crippen molar-refractivity contribution in [3.8, 4) is 0 Å². The third-order valence-corrected chi connectivity index (χ3v) is 20.6. The summed E-state index contributed by atoms with van der Waals surface area (Å²) in [4.78, 5) is 49.8. The molecule has 8 aliphatic rings. The Morgan fingerprint density at radius 1 is 0.411 bits per heavy atom. The first-order chi connectivity index (χ1) is 59.7. The van der Waals surface area contributed by atoms with E-state index in [0.29, 0.717) is 189 Å². The van der Waals surface area contributed by atoms with Crippen molar-refractivity contribution in [2.45, 2.75) is 236 Å². The van der Waals surface area contributed by atoms with Gasteiger partial charge >= 0.3 is 6.09 Å². The molecule has 0 saturated carbocycles. The first kappa shape index (κ1) is 98.6. The summed E-state index contributed by atoms with van der Waals surface area (Å²) >= 11 is 0. The average molecular weight is 1770 g/mol. The Bertz CT molecular complexity index is 3530. The first-order valence-corrected chi connectivity index (χ1v) is 42.7. The van der Waals surface area contributed by atoms with E-state index in [1.807, 2.05) is 41.5 Å². The van der Waals surface area contributed by atoms with Crippen LogP contribution in [0.1, 0.15) is 100 Å². The van der Waals surface area contributed by atoms with Crippen LogP contribution in [0.15, 0.2) is 18.6 Å². The molecule has 0 spiro atoms. The van der Waals surface area contributed by atoms with E-state index >= 15 is 0 Å². The lowest BCUT2D eigenvalue weighted by atomic mass is 9.87. The second-order valence-electron chi connectivity index (χ2n) is 33.1. The second-order valence-corrected chi connectivity index (χ2v) is 33.1. The molecule has 8 aliphatic heterocycles. The predicted octanol–water partition coefficient (Wildman–Crippen LogP) is -0.386. The van der Waals surface area contributed by atoms with E-state index in [9.17, 15) is 19.2 Å². The van der Waals surface area contributed by atoms with Crippen molar-refractivity contribution < 1.29 is 152 Å². The number of hydrogen-bond acceptors (Lipinski definition) is 38. The van der Waals surface area contributed by atoms with E-state index in [-0.39, 0.29) is 97.0 Å². The van der Waals surface area contributed by atoms with Crippen molar-refractivity contribution in [2.75, 3.05) is 211 Å². The molecule has 0 aromatic carbocycles. The number of hydrogen-bond donors (Lipinski definition) is 4. The molecule has 8 fully saturated rings. The van der Waals surface area contributed by atoms with Crippen molar-refractivity contribution in [2.24, 2.45) is 0 Å². The number of amides is 4. The summed E-state index contributed by atoms with van der Waals surface area (Å²) in [5.41, 5.74) is -3.38. The maximum absolute atomic E-state index is 13.8. The summed E-state index contributed by atoms with van der Waals surface area (Å²) in [6.07, 6.45) is -0.537. The average Bonchev–Trinajstić information content (AvgIpc) is 1.56. The van der Waals surface area contributed by atoms with E-state index in [1.54, 1.807) is 53.4 Å². The molecule has 15 atom stereocenters. The van der Waals surface area contributed by atoms with E-state index < -0.39 is 119 Å². The molecule has 124 heavy (non-hydrogen) atoms. The minimum Gasteiger partial charge on any atom is -0.444 e. The summed E-state index contributed by atoms with van der Waals surface area (Å²) in [7, 11) is 0. The van der Waals surface area contributed by atoms with E-state index in [1.165, 1.54) is 20.8 Å². The topological polar surface area (TPSA) is 467 Å². The van der Waals surface area contributed by atoms with Gasteiger partial charge in [0.25, 0.3) is 0 Å². The summed E-state index contributed by atoms with van der Waals surface area (Å²) < 4.78 is 173. The molecule has 3 aromatic rings. The van der Waals surface area contributed by atoms with Gasteiger partial charge in [-0.05, 0) is 62.3 Å². The van der Waals surface area contributed by atoms with Crippen molar-refractivity contribution >= 4 is 23.8 Å². The monoisotopic (exact) mass is 1770 g/mol. The number of ether oxygens (including phenoxy) is 28. The molecule has 45 nitrogen and oxygen atoms in total. The zero-order chi connectivity index (χ0) is 88.1. The number of carbonyl (C=O) groups is 4. The van der Waals surface area contributed by atoms with Gasteiger partial charge in [0, 0.05) is 34.0 Å². The fraction of sp³-hybridized carbons (Fsp3) is 0.873. The van der Waals surface area contributed by atoms with Gasteiger partial charge in [-0.2, -0.15) is 0 Å². The molecule has 4 amide bonds. The number of aromatic nitrogens is 9. The molecule has 0 aliphatic carbocycles. The van der Waals surface area contributed by atoms with Crippen LogP contribution in [0.5, 0.6) is 0 Å². The van der Waals surface area contributed by atoms with Crippen molar-refractivity contribution in [3.05, 3.63) is 35.7 Å². The lowest BCUT2D eigenvalue weighted by Crippen LogP contribution is -2.67. The number of nitrogens with zero attached hydrogens (tertiary/aromatic N) is 9. The molecular formula is C79H131N13O32. The van der Waals surface area contributed by atoms with E-state index in [4.69, 9.17) is 133 Å². The lowest BCUT2D eigenvalue weighted by molar-refractivity contribution is -0.257. The standard InChI is InChI=1S/C79H131N13O32/c1-13-112-63-60(80-54(3)93)69-114-51-77(121-69,66(63)113-14-2)48-106-36-33-103-30-27-100-24-21-97-18-15-90-39-57(84-87-90)42-109-45-76(83-72(96)124-73(6,7)8,46-110-43-58-40-91(88-85-58)16-19-98-22-25-101-28-31-104-34-37-107-49-78-52-115-70(122-78)61(81-55(4)94)64-67(78)119-74(9,10)117-64)47-111-44-59-41-92(89-86-59)17-20-99-23-26-102-29-32-105-35-38-108-50-79-53-116-71(123-79)62(82-56(5)95)65-68(79)120-75(11,12)118-65/h39-41,60-71H,13-38,42-53H2,1-12H3,(H,80,93)(H,81,94)(H,82,95)(H,83,96)/t60-,61-,62-,63-,64-,65-,66-,67-,68-,69+,70+,71+,77+,78+,79+/m1/s1. The Kier molecular flexibility index (Phi) is 38.2. The van der Waals surface area contributed by atoms with Gasteiger partial charge in [0.1, 0.15) is 99.8 Å². The Morgan fingerprint density at radius 3 is 1.07 bits per heavy atom. The highest BCUT2D eigenvalue weighted by Gasteiger charge is 2.68. The van der Waals surface area contributed by atoms with Gasteiger partial charge in [-0.3, -0.25) is 14.4 Å². The van der Waals surface area contributed by atoms with Crippen LogP contribution < -0.4 is 21.3 Å². The number of alkyl carbamates (subject to hydrolysis) is 1. The maximum Gasteiger partial charge on any atom is 0.408 e. The lowest BCUT2D eigenvalue weighted by Gasteiger charge is -2.46. The fourth-order valence-corrected chi connectivity index (χ4v) is 15.4. The SMILES string of the molecule is CCO[C@@H]1[C@@H](NC(C)=O)[C@H]2OC[C@](COCCOCCOCCOCCn3cc(COCC(COCc4cn(CCOCCOCCOCCOC[C@@]56CO[C@@H](O5)[C@H](NC(C)=O)[C@H]5OC(C)(C)O[C@H]56)nn4)(COCc4cn(CCOCCOCCOCCOC[C@@]56CO[C@@H](O5)[C@H](NC(C)=O)[C@H]5OC(C)(C)O[C@H]56)nn4)NC(=O)OC(C)(C)C)nn3)(O2)[C@@H]1OCC. The first-order valence-electron chi connectivity index (χ1n) is 42.7. The second kappa shape index (κ2) is 48.1.